The fraction of sp³-hybridized carbons (Fsp3) is 0.520. The van der Waals surface area contributed by atoms with Gasteiger partial charge in [-0.25, -0.2) is 19.3 Å². The first-order chi connectivity index (χ1) is 16.8. The molecule has 0 spiro atoms. The van der Waals surface area contributed by atoms with Gasteiger partial charge in [-0.3, -0.25) is 0 Å². The summed E-state index contributed by atoms with van der Waals surface area (Å²) in [7, 11) is 0. The van der Waals surface area contributed by atoms with Gasteiger partial charge >= 0.3 is 0 Å². The monoisotopic (exact) mass is 481 g/mol. The molecular weight excluding hydrogens is 449 g/mol. The van der Waals surface area contributed by atoms with Crippen LogP contribution in [0, 0.1) is 0 Å². The molecule has 186 valence electrons. The van der Waals surface area contributed by atoms with E-state index in [0.29, 0.717) is 36.6 Å². The van der Waals surface area contributed by atoms with Crippen molar-refractivity contribution in [2.45, 2.75) is 57.3 Å². The third kappa shape index (κ3) is 4.48. The molecule has 0 radical (unpaired) electrons. The predicted molar refractivity (Wildman–Crippen MR) is 134 cm³/mol. The van der Waals surface area contributed by atoms with Crippen LogP contribution in [0.4, 0.5) is 27.8 Å². The zero-order valence-electron chi connectivity index (χ0n) is 20.3. The third-order valence-corrected chi connectivity index (χ3v) is 7.23. The van der Waals surface area contributed by atoms with Crippen molar-refractivity contribution in [1.29, 1.82) is 0 Å². The standard InChI is InChI=1S/C25H32FN7O2/c1-15(13-34)18-11-29-23(33-9-5-16(33)2)19-12-28-22(10-17(18)19)30-21-4-7-27-24(31-21)32-8-6-20(35)25(3,26)14-32/h4,7,10-12,15-16,20,34-35H,5-6,8-9,13-14H2,1-3H3,(H,27,28,30,31)/t15-,16-,20-,25+/m1/s1. The van der Waals surface area contributed by atoms with Gasteiger partial charge in [-0.2, -0.15) is 4.98 Å². The number of piperidine rings is 1. The van der Waals surface area contributed by atoms with E-state index < -0.39 is 11.8 Å². The minimum absolute atomic E-state index is 0.0224. The van der Waals surface area contributed by atoms with E-state index in [4.69, 9.17) is 4.98 Å². The Balaban J connectivity index is 1.45. The van der Waals surface area contributed by atoms with E-state index in [9.17, 15) is 14.6 Å². The highest BCUT2D eigenvalue weighted by Crippen LogP contribution is 2.36. The molecule has 3 aromatic rings. The first-order valence-electron chi connectivity index (χ1n) is 12.1. The summed E-state index contributed by atoms with van der Waals surface area (Å²) >= 11 is 0. The summed E-state index contributed by atoms with van der Waals surface area (Å²) in [5.74, 6) is 2.39. The first kappa shape index (κ1) is 23.6. The van der Waals surface area contributed by atoms with E-state index in [1.54, 1.807) is 17.2 Å². The number of pyridine rings is 2. The van der Waals surface area contributed by atoms with Gasteiger partial charge in [-0.05, 0) is 49.8 Å². The molecule has 4 atom stereocenters. The average molecular weight is 482 g/mol. The molecule has 0 saturated carbocycles. The van der Waals surface area contributed by atoms with Crippen molar-refractivity contribution in [3.8, 4) is 0 Å². The van der Waals surface area contributed by atoms with Crippen LogP contribution in [0.25, 0.3) is 10.8 Å². The molecule has 35 heavy (non-hydrogen) atoms. The molecule has 2 saturated heterocycles. The summed E-state index contributed by atoms with van der Waals surface area (Å²) < 4.78 is 14.7. The average Bonchev–Trinajstić information content (AvgIpc) is 2.84. The van der Waals surface area contributed by atoms with E-state index in [1.807, 2.05) is 25.4 Å². The molecule has 0 aliphatic carbocycles. The Labute approximate surface area is 204 Å². The van der Waals surface area contributed by atoms with Crippen molar-refractivity contribution < 1.29 is 14.6 Å². The Hall–Kier alpha value is -3.11. The maximum absolute atomic E-state index is 14.7. The van der Waals surface area contributed by atoms with E-state index >= 15 is 0 Å². The van der Waals surface area contributed by atoms with Crippen molar-refractivity contribution in [2.24, 2.45) is 0 Å². The van der Waals surface area contributed by atoms with Gasteiger partial charge in [0.05, 0.1) is 12.6 Å². The smallest absolute Gasteiger partial charge is 0.227 e. The summed E-state index contributed by atoms with van der Waals surface area (Å²) in [5, 5.41) is 24.9. The molecule has 0 aromatic carbocycles. The molecule has 10 heteroatoms. The van der Waals surface area contributed by atoms with Crippen molar-refractivity contribution in [2.75, 3.05) is 41.4 Å². The van der Waals surface area contributed by atoms with Crippen LogP contribution < -0.4 is 15.1 Å². The lowest BCUT2D eigenvalue weighted by Crippen LogP contribution is -2.52. The van der Waals surface area contributed by atoms with E-state index in [0.717, 1.165) is 35.1 Å². The lowest BCUT2D eigenvalue weighted by Gasteiger charge is -2.40. The van der Waals surface area contributed by atoms with Crippen LogP contribution in [0.3, 0.4) is 0 Å². The lowest BCUT2D eigenvalue weighted by molar-refractivity contribution is -0.00860. The SMILES string of the molecule is C[C@H](CO)c1cnc(N2CC[C@H]2C)c2cnc(Nc3ccnc(N4CC[C@@H](O)[C@@](C)(F)C4)n3)cc12. The molecule has 5 heterocycles. The summed E-state index contributed by atoms with van der Waals surface area (Å²) in [6.45, 7) is 7.05. The number of aliphatic hydroxyl groups is 2. The molecule has 2 aliphatic heterocycles. The predicted octanol–water partition coefficient (Wildman–Crippen LogP) is 3.16. The topological polar surface area (TPSA) is 111 Å². The first-order valence-corrected chi connectivity index (χ1v) is 12.1. The number of aliphatic hydroxyl groups excluding tert-OH is 2. The maximum atomic E-state index is 14.7. The van der Waals surface area contributed by atoms with Crippen LogP contribution in [0.15, 0.2) is 30.7 Å². The van der Waals surface area contributed by atoms with Crippen LogP contribution in [0.2, 0.25) is 0 Å². The fourth-order valence-corrected chi connectivity index (χ4v) is 4.77. The van der Waals surface area contributed by atoms with Gasteiger partial charge in [0.1, 0.15) is 17.5 Å². The van der Waals surface area contributed by atoms with Gasteiger partial charge in [0.25, 0.3) is 0 Å². The summed E-state index contributed by atoms with van der Waals surface area (Å²) in [6, 6.07) is 4.13. The molecule has 5 rings (SSSR count). The number of halogens is 1. The van der Waals surface area contributed by atoms with E-state index in [2.05, 4.69) is 32.1 Å². The molecular formula is C25H32FN7O2. The second-order valence-electron chi connectivity index (χ2n) is 9.94. The number of hydrogen-bond acceptors (Lipinski definition) is 9. The molecule has 3 aromatic heterocycles. The number of anilines is 4. The maximum Gasteiger partial charge on any atom is 0.227 e. The molecule has 0 amide bonds. The highest BCUT2D eigenvalue weighted by Gasteiger charge is 2.39. The quantitative estimate of drug-likeness (QED) is 0.489. The van der Waals surface area contributed by atoms with Crippen LogP contribution >= 0.6 is 0 Å². The lowest BCUT2D eigenvalue weighted by atomic mass is 9.94. The van der Waals surface area contributed by atoms with Crippen molar-refractivity contribution in [3.63, 3.8) is 0 Å². The second kappa shape index (κ2) is 9.16. The molecule has 2 aliphatic rings. The minimum atomic E-state index is -1.72. The largest absolute Gasteiger partial charge is 0.396 e. The summed E-state index contributed by atoms with van der Waals surface area (Å²) in [6.07, 6.45) is 5.77. The Morgan fingerprint density at radius 3 is 2.69 bits per heavy atom. The summed E-state index contributed by atoms with van der Waals surface area (Å²) in [5.41, 5.74) is -0.757. The van der Waals surface area contributed by atoms with Crippen LogP contribution in [-0.2, 0) is 0 Å². The van der Waals surface area contributed by atoms with Gasteiger partial charge in [0, 0.05) is 55.6 Å². The molecule has 0 bridgehead atoms. The van der Waals surface area contributed by atoms with Gasteiger partial charge in [-0.15, -0.1) is 0 Å². The fourth-order valence-electron chi connectivity index (χ4n) is 4.77. The number of fused-ring (bicyclic) bond motifs is 1. The van der Waals surface area contributed by atoms with Gasteiger partial charge in [0.15, 0.2) is 5.67 Å². The minimum Gasteiger partial charge on any atom is -0.396 e. The van der Waals surface area contributed by atoms with Gasteiger partial charge < -0.3 is 25.3 Å². The van der Waals surface area contributed by atoms with Gasteiger partial charge in [0.2, 0.25) is 5.95 Å². The van der Waals surface area contributed by atoms with Crippen molar-refractivity contribution in [1.82, 2.24) is 19.9 Å². The van der Waals surface area contributed by atoms with Crippen LogP contribution in [0.5, 0.6) is 0 Å². The number of nitrogens with one attached hydrogen (secondary N) is 1. The number of rotatable bonds is 6. The Morgan fingerprint density at radius 2 is 2.00 bits per heavy atom. The molecule has 0 unspecified atom stereocenters. The third-order valence-electron chi connectivity index (χ3n) is 7.23. The number of nitrogens with zero attached hydrogens (tertiary/aromatic N) is 6. The van der Waals surface area contributed by atoms with Crippen molar-refractivity contribution in [3.05, 3.63) is 36.3 Å². The number of alkyl halides is 1. The second-order valence-corrected chi connectivity index (χ2v) is 9.94. The Morgan fingerprint density at radius 1 is 1.17 bits per heavy atom. The van der Waals surface area contributed by atoms with Crippen molar-refractivity contribution >= 4 is 34.2 Å². The van der Waals surface area contributed by atoms with E-state index in [1.165, 1.54) is 6.92 Å². The van der Waals surface area contributed by atoms with Gasteiger partial charge in [-0.1, -0.05) is 6.92 Å². The number of aromatic nitrogens is 4. The highest BCUT2D eigenvalue weighted by molar-refractivity contribution is 5.96. The zero-order chi connectivity index (χ0) is 24.7. The zero-order valence-corrected chi connectivity index (χ0v) is 20.3. The molecule has 9 nitrogen and oxygen atoms in total. The normalized spacial score (nSPS) is 25.4. The summed E-state index contributed by atoms with van der Waals surface area (Å²) in [4.78, 5) is 22.2. The molecule has 3 N–H and O–H groups in total. The van der Waals surface area contributed by atoms with Crippen LogP contribution in [0.1, 0.15) is 45.1 Å². The van der Waals surface area contributed by atoms with Crippen LogP contribution in [-0.4, -0.2) is 74.2 Å². The number of hydrogen-bond donors (Lipinski definition) is 3. The highest BCUT2D eigenvalue weighted by atomic mass is 19.1. The Bertz CT molecular complexity index is 1220. The Kier molecular flexibility index (Phi) is 6.18. The molecule has 2 fully saturated rings. The van der Waals surface area contributed by atoms with E-state index in [-0.39, 0.29) is 19.1 Å².